The lowest BCUT2D eigenvalue weighted by atomic mass is 9.97. The average molecular weight is 879 g/mol. The second kappa shape index (κ2) is 28.2. The van der Waals surface area contributed by atoms with E-state index in [1.54, 1.807) is 92.4 Å². The van der Waals surface area contributed by atoms with Crippen LogP contribution in [0.15, 0.2) is 0 Å². The Morgan fingerprint density at radius 1 is 0.317 bits per heavy atom. The fraction of sp³-hybridized carbons (Fsp3) is 1.00. The first kappa shape index (κ1) is 53.5. The molecule has 19 atom stereocenters. The van der Waals surface area contributed by atoms with Crippen LogP contribution in [-0.2, 0) is 99.5 Å². The molecule has 0 aliphatic carbocycles. The van der Waals surface area contributed by atoms with Crippen molar-refractivity contribution >= 4 is 0 Å². The van der Waals surface area contributed by atoms with Crippen LogP contribution in [0.4, 0.5) is 0 Å². The van der Waals surface area contributed by atoms with Gasteiger partial charge >= 0.3 is 0 Å². The van der Waals surface area contributed by atoms with E-state index < -0.39 is 117 Å². The van der Waals surface area contributed by atoms with E-state index in [1.165, 1.54) is 14.2 Å². The predicted octanol–water partition coefficient (Wildman–Crippen LogP) is -0.301. The van der Waals surface area contributed by atoms with Gasteiger partial charge < -0.3 is 99.5 Å². The third kappa shape index (κ3) is 12.9. The lowest BCUT2D eigenvalue weighted by Gasteiger charge is -2.47. The summed E-state index contributed by atoms with van der Waals surface area (Å²) in [4.78, 5) is 0. The molecule has 3 aliphatic heterocycles. The number of rotatable bonds is 29. The Morgan fingerprint density at radius 2 is 0.633 bits per heavy atom. The summed E-state index contributed by atoms with van der Waals surface area (Å²) in [6.45, 7) is 0.432. The molecule has 0 bridgehead atoms. The molecule has 0 amide bonds. The zero-order valence-electron chi connectivity index (χ0n) is 38.1. The molecule has 0 spiro atoms. The molecule has 3 aliphatic rings. The molecule has 3 saturated heterocycles. The molecule has 0 aromatic heterocycles. The van der Waals surface area contributed by atoms with Gasteiger partial charge in [-0.3, -0.25) is 0 Å². The zero-order chi connectivity index (χ0) is 44.4. The standard InChI is InChI=1S/C39H74O21/c1-40-16-21(42-3)26(44-5)27(45-6)22(43-4)18-55-37-35(53-14)32(50-11)29(47-8)24(59-37)20-57-39-36(54-15)33(51-12)30(48-9)25(60-39)19-56-38-34(52-13)31(49-10)28(46-7)23(58-38)17-41-2/h21-39H,16-20H2,1-15H3. The summed E-state index contributed by atoms with van der Waals surface area (Å²) in [6, 6.07) is 0. The van der Waals surface area contributed by atoms with Crippen LogP contribution in [0.25, 0.3) is 0 Å². The molecule has 0 saturated carbocycles. The minimum absolute atomic E-state index is 0.00959. The van der Waals surface area contributed by atoms with Gasteiger partial charge in [-0.2, -0.15) is 0 Å². The Hall–Kier alpha value is -0.840. The molecule has 19 unspecified atom stereocenters. The highest BCUT2D eigenvalue weighted by atomic mass is 16.8. The van der Waals surface area contributed by atoms with Crippen LogP contribution >= 0.6 is 0 Å². The summed E-state index contributed by atoms with van der Waals surface area (Å²) < 4.78 is 125. The van der Waals surface area contributed by atoms with E-state index >= 15 is 0 Å². The van der Waals surface area contributed by atoms with Crippen molar-refractivity contribution in [1.82, 2.24) is 0 Å². The van der Waals surface area contributed by atoms with E-state index in [0.717, 1.165) is 0 Å². The molecule has 21 nitrogen and oxygen atoms in total. The number of hydrogen-bond acceptors (Lipinski definition) is 21. The number of ether oxygens (including phenoxy) is 21. The second-order valence-electron chi connectivity index (χ2n) is 14.3. The Morgan fingerprint density at radius 3 is 0.917 bits per heavy atom. The topological polar surface area (TPSA) is 194 Å². The summed E-state index contributed by atoms with van der Waals surface area (Å²) >= 11 is 0. The van der Waals surface area contributed by atoms with E-state index in [4.69, 9.17) is 99.5 Å². The molecular weight excluding hydrogens is 804 g/mol. The predicted molar refractivity (Wildman–Crippen MR) is 208 cm³/mol. The van der Waals surface area contributed by atoms with Crippen LogP contribution in [0.5, 0.6) is 0 Å². The van der Waals surface area contributed by atoms with Gasteiger partial charge in [0.25, 0.3) is 0 Å². The van der Waals surface area contributed by atoms with Gasteiger partial charge in [0, 0.05) is 107 Å². The Labute approximate surface area is 355 Å². The third-order valence-corrected chi connectivity index (χ3v) is 11.4. The Balaban J connectivity index is 1.83. The fourth-order valence-corrected chi connectivity index (χ4v) is 8.33. The summed E-state index contributed by atoms with van der Waals surface area (Å²) in [5, 5.41) is 0. The van der Waals surface area contributed by atoms with Gasteiger partial charge in [0.2, 0.25) is 0 Å². The van der Waals surface area contributed by atoms with Crippen molar-refractivity contribution in [2.75, 3.05) is 140 Å². The Bertz CT molecular complexity index is 1110. The second-order valence-corrected chi connectivity index (χ2v) is 14.3. The lowest BCUT2D eigenvalue weighted by Crippen LogP contribution is -2.64. The minimum atomic E-state index is -0.995. The molecule has 0 radical (unpaired) electrons. The maximum Gasteiger partial charge on any atom is 0.187 e. The first-order chi connectivity index (χ1) is 29.1. The smallest absolute Gasteiger partial charge is 0.187 e. The van der Waals surface area contributed by atoms with E-state index in [-0.39, 0.29) is 33.0 Å². The van der Waals surface area contributed by atoms with E-state index in [1.807, 2.05) is 0 Å². The summed E-state index contributed by atoms with van der Waals surface area (Å²) in [5.74, 6) is 0. The normalized spacial score (nSPS) is 37.1. The maximum absolute atomic E-state index is 6.55. The highest BCUT2D eigenvalue weighted by Gasteiger charge is 2.53. The fourth-order valence-electron chi connectivity index (χ4n) is 8.33. The number of hydrogen-bond donors (Lipinski definition) is 0. The lowest BCUT2D eigenvalue weighted by molar-refractivity contribution is -0.352. The molecule has 3 rings (SSSR count). The average Bonchev–Trinajstić information content (AvgIpc) is 3.27. The zero-order valence-corrected chi connectivity index (χ0v) is 38.1. The van der Waals surface area contributed by atoms with E-state index in [2.05, 4.69) is 0 Å². The van der Waals surface area contributed by atoms with Crippen molar-refractivity contribution in [2.24, 2.45) is 0 Å². The molecule has 0 N–H and O–H groups in total. The van der Waals surface area contributed by atoms with E-state index in [9.17, 15) is 0 Å². The molecular formula is C39H74O21. The van der Waals surface area contributed by atoms with Gasteiger partial charge in [-0.15, -0.1) is 0 Å². The first-order valence-corrected chi connectivity index (χ1v) is 19.8. The molecule has 0 aromatic carbocycles. The van der Waals surface area contributed by atoms with Gasteiger partial charge in [-0.1, -0.05) is 0 Å². The van der Waals surface area contributed by atoms with Crippen LogP contribution in [0, 0.1) is 0 Å². The highest BCUT2D eigenvalue weighted by Crippen LogP contribution is 2.34. The third-order valence-electron chi connectivity index (χ3n) is 11.4. The van der Waals surface area contributed by atoms with Crippen molar-refractivity contribution in [3.05, 3.63) is 0 Å². The largest absolute Gasteiger partial charge is 0.382 e. The van der Waals surface area contributed by atoms with Crippen LogP contribution in [0.1, 0.15) is 0 Å². The highest BCUT2D eigenvalue weighted by molar-refractivity contribution is 4.97. The van der Waals surface area contributed by atoms with Gasteiger partial charge in [0.15, 0.2) is 18.9 Å². The molecule has 0 aromatic rings. The molecule has 3 fully saturated rings. The van der Waals surface area contributed by atoms with Crippen molar-refractivity contribution in [3.8, 4) is 0 Å². The summed E-state index contributed by atoms with van der Waals surface area (Å²) in [7, 11) is 23.4. The van der Waals surface area contributed by atoms with Crippen molar-refractivity contribution < 1.29 is 99.5 Å². The summed E-state index contributed by atoms with van der Waals surface area (Å²) in [6.07, 6.45) is -12.8. The monoisotopic (exact) mass is 878 g/mol. The quantitative estimate of drug-likeness (QED) is 0.0950. The summed E-state index contributed by atoms with van der Waals surface area (Å²) in [5.41, 5.74) is 0. The molecule has 356 valence electrons. The van der Waals surface area contributed by atoms with Crippen LogP contribution in [0.3, 0.4) is 0 Å². The SMILES string of the molecule is COCC(OC)C(OC)C(OC)C(COC1OC(COC2OC(COC3OC(COC)C(OC)C(OC)C3OC)C(OC)C(OC)C2OC)C(OC)C(OC)C1OC)OC. The van der Waals surface area contributed by atoms with Crippen LogP contribution in [0.2, 0.25) is 0 Å². The van der Waals surface area contributed by atoms with Crippen LogP contribution in [-0.4, -0.2) is 256 Å². The molecule has 3 heterocycles. The maximum atomic E-state index is 6.55. The van der Waals surface area contributed by atoms with Crippen LogP contribution < -0.4 is 0 Å². The molecule has 60 heavy (non-hydrogen) atoms. The number of methoxy groups -OCH3 is 15. The van der Waals surface area contributed by atoms with Gasteiger partial charge in [0.1, 0.15) is 97.7 Å². The van der Waals surface area contributed by atoms with Gasteiger partial charge in [-0.05, 0) is 0 Å². The van der Waals surface area contributed by atoms with Gasteiger partial charge in [0.05, 0.1) is 33.0 Å². The van der Waals surface area contributed by atoms with Crippen molar-refractivity contribution in [3.63, 3.8) is 0 Å². The van der Waals surface area contributed by atoms with E-state index in [0.29, 0.717) is 0 Å². The Kier molecular flexibility index (Phi) is 25.1. The molecule has 21 heteroatoms. The van der Waals surface area contributed by atoms with Crippen molar-refractivity contribution in [1.29, 1.82) is 0 Å². The first-order valence-electron chi connectivity index (χ1n) is 19.8. The van der Waals surface area contributed by atoms with Crippen molar-refractivity contribution in [2.45, 2.75) is 117 Å². The van der Waals surface area contributed by atoms with Gasteiger partial charge in [-0.25, -0.2) is 0 Å². The minimum Gasteiger partial charge on any atom is -0.382 e.